The lowest BCUT2D eigenvalue weighted by atomic mass is 9.89. The van der Waals surface area contributed by atoms with E-state index in [9.17, 15) is 9.59 Å². The molecular weight excluding hydrogens is 332 g/mol. The van der Waals surface area contributed by atoms with Crippen LogP contribution in [0.2, 0.25) is 0 Å². The summed E-state index contributed by atoms with van der Waals surface area (Å²) in [6.07, 6.45) is 3.64. The van der Waals surface area contributed by atoms with E-state index in [-0.39, 0.29) is 23.7 Å². The van der Waals surface area contributed by atoms with Crippen LogP contribution in [0.25, 0.3) is 0 Å². The quantitative estimate of drug-likeness (QED) is 0.797. The van der Waals surface area contributed by atoms with Crippen LogP contribution in [0.4, 0.5) is 0 Å². The van der Waals surface area contributed by atoms with Gasteiger partial charge < -0.3 is 20.1 Å². The average molecular weight is 362 g/mol. The Kier molecular flexibility index (Phi) is 6.29. The van der Waals surface area contributed by atoms with Gasteiger partial charge in [-0.3, -0.25) is 9.59 Å². The summed E-state index contributed by atoms with van der Waals surface area (Å²) in [6, 6.07) is 1.90. The average Bonchev–Trinajstić information content (AvgIpc) is 3.30. The lowest BCUT2D eigenvalue weighted by Crippen LogP contribution is -2.48. The Hall–Kier alpha value is -1.89. The monoisotopic (exact) mass is 362 g/mol. The van der Waals surface area contributed by atoms with Gasteiger partial charge in [0.15, 0.2) is 0 Å². The van der Waals surface area contributed by atoms with Crippen LogP contribution in [0.5, 0.6) is 0 Å². The molecule has 0 aliphatic carbocycles. The summed E-state index contributed by atoms with van der Waals surface area (Å²) >= 11 is 0. The minimum absolute atomic E-state index is 0.0233. The third-order valence-corrected chi connectivity index (χ3v) is 5.15. The Labute approximate surface area is 154 Å². The first-order valence-corrected chi connectivity index (χ1v) is 9.74. The SMILES string of the molecule is CC(C)Cc1cc(CNC(=O)C2CNCC(C(=O)N3CCCC3)C2)no1. The number of amides is 2. The number of rotatable bonds is 6. The zero-order chi connectivity index (χ0) is 18.5. The number of nitrogens with zero attached hydrogens (tertiary/aromatic N) is 2. The van der Waals surface area contributed by atoms with Crippen molar-refractivity contribution in [2.45, 2.75) is 46.1 Å². The van der Waals surface area contributed by atoms with E-state index in [1.54, 1.807) is 0 Å². The zero-order valence-electron chi connectivity index (χ0n) is 15.8. The molecule has 144 valence electrons. The lowest BCUT2D eigenvalue weighted by Gasteiger charge is -2.31. The first kappa shape index (κ1) is 18.9. The number of hydrogen-bond donors (Lipinski definition) is 2. The van der Waals surface area contributed by atoms with Crippen molar-refractivity contribution in [3.8, 4) is 0 Å². The first-order valence-electron chi connectivity index (χ1n) is 9.74. The molecule has 0 aromatic carbocycles. The summed E-state index contributed by atoms with van der Waals surface area (Å²) < 4.78 is 5.29. The fraction of sp³-hybridized carbons (Fsp3) is 0.737. The predicted octanol–water partition coefficient (Wildman–Crippen LogP) is 1.34. The van der Waals surface area contributed by atoms with Gasteiger partial charge in [-0.1, -0.05) is 19.0 Å². The molecule has 2 atom stereocenters. The highest BCUT2D eigenvalue weighted by molar-refractivity contribution is 5.83. The molecule has 2 aliphatic rings. The van der Waals surface area contributed by atoms with E-state index < -0.39 is 0 Å². The molecule has 0 spiro atoms. The van der Waals surface area contributed by atoms with Crippen molar-refractivity contribution >= 4 is 11.8 Å². The summed E-state index contributed by atoms with van der Waals surface area (Å²) in [7, 11) is 0. The number of carbonyl (C=O) groups is 2. The Morgan fingerprint density at radius 2 is 2.04 bits per heavy atom. The van der Waals surface area contributed by atoms with Crippen molar-refractivity contribution in [2.24, 2.45) is 17.8 Å². The highest BCUT2D eigenvalue weighted by Crippen LogP contribution is 2.21. The highest BCUT2D eigenvalue weighted by atomic mass is 16.5. The van der Waals surface area contributed by atoms with Gasteiger partial charge in [-0.2, -0.15) is 0 Å². The van der Waals surface area contributed by atoms with Crippen molar-refractivity contribution in [3.05, 3.63) is 17.5 Å². The maximum atomic E-state index is 12.6. The number of aromatic nitrogens is 1. The van der Waals surface area contributed by atoms with Crippen LogP contribution in [0.3, 0.4) is 0 Å². The van der Waals surface area contributed by atoms with Crippen LogP contribution in [-0.2, 0) is 22.6 Å². The van der Waals surface area contributed by atoms with Crippen LogP contribution in [0.1, 0.15) is 44.6 Å². The minimum Gasteiger partial charge on any atom is -0.361 e. The third-order valence-electron chi connectivity index (χ3n) is 5.15. The van der Waals surface area contributed by atoms with Crippen molar-refractivity contribution in [1.82, 2.24) is 20.7 Å². The van der Waals surface area contributed by atoms with Gasteiger partial charge in [-0.05, 0) is 25.2 Å². The van der Waals surface area contributed by atoms with Crippen LogP contribution in [0, 0.1) is 17.8 Å². The molecule has 1 aromatic heterocycles. The van der Waals surface area contributed by atoms with Gasteiger partial charge in [-0.15, -0.1) is 0 Å². The van der Waals surface area contributed by atoms with E-state index in [2.05, 4.69) is 29.6 Å². The summed E-state index contributed by atoms with van der Waals surface area (Å²) in [5.41, 5.74) is 0.738. The van der Waals surface area contributed by atoms with Crippen molar-refractivity contribution < 1.29 is 14.1 Å². The normalized spacial score (nSPS) is 23.4. The summed E-state index contributed by atoms with van der Waals surface area (Å²) in [5.74, 6) is 1.25. The van der Waals surface area contributed by atoms with Gasteiger partial charge in [0, 0.05) is 38.7 Å². The fourth-order valence-corrected chi connectivity index (χ4v) is 3.79. The van der Waals surface area contributed by atoms with Gasteiger partial charge in [0.1, 0.15) is 11.5 Å². The van der Waals surface area contributed by atoms with Crippen LogP contribution >= 0.6 is 0 Å². The molecule has 26 heavy (non-hydrogen) atoms. The maximum absolute atomic E-state index is 12.6. The van der Waals surface area contributed by atoms with Gasteiger partial charge in [-0.25, -0.2) is 0 Å². The standard InChI is InChI=1S/C19H30N4O3/c1-13(2)7-17-9-16(22-26-17)12-21-18(24)14-8-15(11-20-10-14)19(25)23-5-3-4-6-23/h9,13-15,20H,3-8,10-12H2,1-2H3,(H,21,24). The van der Waals surface area contributed by atoms with Gasteiger partial charge in [0.25, 0.3) is 0 Å². The number of hydrogen-bond acceptors (Lipinski definition) is 5. The Bertz CT molecular complexity index is 622. The summed E-state index contributed by atoms with van der Waals surface area (Å²) in [5, 5.41) is 10.2. The molecule has 7 heteroatoms. The van der Waals surface area contributed by atoms with E-state index >= 15 is 0 Å². The first-order chi connectivity index (χ1) is 12.5. The third kappa shape index (κ3) is 4.84. The van der Waals surface area contributed by atoms with Crippen LogP contribution in [0.15, 0.2) is 10.6 Å². The molecule has 3 heterocycles. The molecular formula is C19H30N4O3. The van der Waals surface area contributed by atoms with Crippen molar-refractivity contribution in [1.29, 1.82) is 0 Å². The van der Waals surface area contributed by atoms with Crippen molar-refractivity contribution in [3.63, 3.8) is 0 Å². The Morgan fingerprint density at radius 3 is 2.77 bits per heavy atom. The molecule has 1 aromatic rings. The highest BCUT2D eigenvalue weighted by Gasteiger charge is 2.34. The molecule has 2 fully saturated rings. The molecule has 3 rings (SSSR count). The molecule has 7 nitrogen and oxygen atoms in total. The lowest BCUT2D eigenvalue weighted by molar-refractivity contribution is -0.136. The van der Waals surface area contributed by atoms with E-state index in [1.807, 2.05) is 11.0 Å². The van der Waals surface area contributed by atoms with Crippen LogP contribution in [-0.4, -0.2) is 48.0 Å². The van der Waals surface area contributed by atoms with Gasteiger partial charge >= 0.3 is 0 Å². The molecule has 0 radical (unpaired) electrons. The van der Waals surface area contributed by atoms with Crippen molar-refractivity contribution in [2.75, 3.05) is 26.2 Å². The second-order valence-electron chi connectivity index (χ2n) is 7.92. The van der Waals surface area contributed by atoms with Gasteiger partial charge in [0.05, 0.1) is 18.4 Å². The zero-order valence-corrected chi connectivity index (χ0v) is 15.8. The molecule has 2 N–H and O–H groups in total. The van der Waals surface area contributed by atoms with Gasteiger partial charge in [0.2, 0.25) is 11.8 Å². The van der Waals surface area contributed by atoms with E-state index in [0.29, 0.717) is 32.0 Å². The molecule has 2 aliphatic heterocycles. The molecule has 2 unspecified atom stereocenters. The molecule has 2 saturated heterocycles. The summed E-state index contributed by atoms with van der Waals surface area (Å²) in [6.45, 7) is 7.61. The second-order valence-corrected chi connectivity index (χ2v) is 7.92. The number of likely N-dealkylation sites (tertiary alicyclic amines) is 1. The number of carbonyl (C=O) groups excluding carboxylic acids is 2. The molecule has 2 amide bonds. The van der Waals surface area contributed by atoms with E-state index in [1.165, 1.54) is 0 Å². The maximum Gasteiger partial charge on any atom is 0.226 e. The Balaban J connectivity index is 1.48. The largest absolute Gasteiger partial charge is 0.361 e. The summed E-state index contributed by atoms with van der Waals surface area (Å²) in [4.78, 5) is 27.0. The predicted molar refractivity (Wildman–Crippen MR) is 97.2 cm³/mol. The topological polar surface area (TPSA) is 87.5 Å². The second kappa shape index (κ2) is 8.66. The van der Waals surface area contributed by atoms with E-state index in [4.69, 9.17) is 4.52 Å². The van der Waals surface area contributed by atoms with E-state index in [0.717, 1.165) is 43.8 Å². The number of piperidine rings is 1. The fourth-order valence-electron chi connectivity index (χ4n) is 3.79. The minimum atomic E-state index is -0.178. The Morgan fingerprint density at radius 1 is 1.31 bits per heavy atom. The molecule has 0 saturated carbocycles. The molecule has 0 bridgehead atoms. The number of nitrogens with one attached hydrogen (secondary N) is 2. The van der Waals surface area contributed by atoms with Crippen LogP contribution < -0.4 is 10.6 Å². The smallest absolute Gasteiger partial charge is 0.226 e.